The van der Waals surface area contributed by atoms with E-state index in [2.05, 4.69) is 5.32 Å². The van der Waals surface area contributed by atoms with Gasteiger partial charge in [-0.1, -0.05) is 41.4 Å². The number of carbonyl (C=O) groups excluding carboxylic acids is 2. The van der Waals surface area contributed by atoms with E-state index >= 15 is 0 Å². The van der Waals surface area contributed by atoms with E-state index < -0.39 is 35.4 Å². The van der Waals surface area contributed by atoms with Crippen molar-refractivity contribution in [1.29, 1.82) is 0 Å². The van der Waals surface area contributed by atoms with Crippen LogP contribution in [0.1, 0.15) is 33.6 Å². The molecule has 1 heterocycles. The minimum atomic E-state index is -4.54. The molecule has 0 saturated carbocycles. The van der Waals surface area contributed by atoms with Crippen LogP contribution in [0.5, 0.6) is 0 Å². The van der Waals surface area contributed by atoms with Crippen LogP contribution in [-0.2, 0) is 27.3 Å². The van der Waals surface area contributed by atoms with E-state index in [4.69, 9.17) is 28.9 Å². The fraction of sp³-hybridized carbons (Fsp3) is 0.200. The number of amides is 2. The molecule has 2 amide bonds. The van der Waals surface area contributed by atoms with Gasteiger partial charge in [0, 0.05) is 55.7 Å². The van der Waals surface area contributed by atoms with Crippen molar-refractivity contribution in [3.63, 3.8) is 0 Å². The Morgan fingerprint density at radius 3 is 2.41 bits per heavy atom. The normalized spacial score (nSPS) is 15.3. The zero-order valence-electron chi connectivity index (χ0n) is 19.2. The van der Waals surface area contributed by atoms with Crippen LogP contribution in [0.3, 0.4) is 0 Å². The Morgan fingerprint density at radius 2 is 1.76 bits per heavy atom. The van der Waals surface area contributed by atoms with Gasteiger partial charge in [0.05, 0.1) is 16.5 Å². The summed E-state index contributed by atoms with van der Waals surface area (Å²) in [4.78, 5) is 25.6. The molecule has 1 fully saturated rings. The first-order valence-corrected chi connectivity index (χ1v) is 11.5. The molecule has 37 heavy (non-hydrogen) atoms. The van der Waals surface area contributed by atoms with Crippen LogP contribution in [0, 0.1) is 5.82 Å². The molecule has 1 aliphatic heterocycles. The summed E-state index contributed by atoms with van der Waals surface area (Å²) in [5.74, 6) is -2.65. The quantitative estimate of drug-likeness (QED) is 0.233. The van der Waals surface area contributed by atoms with Gasteiger partial charge in [-0.3, -0.25) is 4.79 Å². The van der Waals surface area contributed by atoms with Gasteiger partial charge in [-0.15, -0.1) is 5.69 Å². The minimum absolute atomic E-state index is 0. The SMILES string of the molecule is NC(=O)c1ccc(Cl)c(-c2ccc([N-]C(=O)c3c(F)cccc3Cl)c(N3CCC[C@@H]3C(F)(F)F)c2)c1.[Cd]. The molecule has 3 aromatic rings. The average molecular weight is 652 g/mol. The monoisotopic (exact) mass is 652 g/mol. The summed E-state index contributed by atoms with van der Waals surface area (Å²) in [5, 5.41) is 4.00. The Kier molecular flexibility index (Phi) is 9.12. The largest absolute Gasteiger partial charge is 0.621 e. The maximum Gasteiger partial charge on any atom is 0.408 e. The maximum atomic E-state index is 14.3. The van der Waals surface area contributed by atoms with Crippen molar-refractivity contribution < 1.29 is 54.4 Å². The molecule has 0 aliphatic carbocycles. The van der Waals surface area contributed by atoms with Crippen LogP contribution in [0.25, 0.3) is 16.4 Å². The van der Waals surface area contributed by atoms with Gasteiger partial charge in [-0.05, 0) is 54.8 Å². The number of hydrogen-bond acceptors (Lipinski definition) is 3. The molecule has 0 spiro atoms. The number of hydrogen-bond donors (Lipinski definition) is 1. The molecule has 5 nitrogen and oxygen atoms in total. The minimum Gasteiger partial charge on any atom is -0.621 e. The van der Waals surface area contributed by atoms with Crippen molar-refractivity contribution in [3.05, 3.63) is 86.9 Å². The number of primary amides is 1. The molecule has 0 bridgehead atoms. The third kappa shape index (κ3) is 6.20. The van der Waals surface area contributed by atoms with E-state index in [-0.39, 0.29) is 73.7 Å². The predicted molar refractivity (Wildman–Crippen MR) is 131 cm³/mol. The number of carbonyl (C=O) groups is 2. The molecule has 190 valence electrons. The Hall–Kier alpha value is -2.38. The third-order valence-corrected chi connectivity index (χ3v) is 6.52. The Balaban J connectivity index is 0.00000380. The van der Waals surface area contributed by atoms with Crippen molar-refractivity contribution in [2.75, 3.05) is 11.4 Å². The Morgan fingerprint density at radius 1 is 1.03 bits per heavy atom. The molecule has 3 aromatic carbocycles. The van der Waals surface area contributed by atoms with E-state index in [9.17, 15) is 27.2 Å². The summed E-state index contributed by atoms with van der Waals surface area (Å²) < 4.78 is 55.7. The number of alkyl halides is 3. The van der Waals surface area contributed by atoms with Gasteiger partial charge in [-0.25, -0.2) is 4.39 Å². The van der Waals surface area contributed by atoms with Crippen molar-refractivity contribution in [1.82, 2.24) is 0 Å². The first-order valence-electron chi connectivity index (χ1n) is 10.7. The van der Waals surface area contributed by atoms with E-state index in [1.54, 1.807) is 0 Å². The van der Waals surface area contributed by atoms with Crippen molar-refractivity contribution in [3.8, 4) is 11.1 Å². The van der Waals surface area contributed by atoms with Gasteiger partial charge < -0.3 is 20.7 Å². The van der Waals surface area contributed by atoms with Crippen LogP contribution >= 0.6 is 23.2 Å². The van der Waals surface area contributed by atoms with Gasteiger partial charge in [0.1, 0.15) is 11.9 Å². The second kappa shape index (κ2) is 11.6. The molecule has 2 N–H and O–H groups in total. The number of nitrogens with two attached hydrogens (primary N) is 1. The van der Waals surface area contributed by atoms with Gasteiger partial charge in [0.25, 0.3) is 0 Å². The van der Waals surface area contributed by atoms with E-state index in [1.807, 2.05) is 0 Å². The fourth-order valence-electron chi connectivity index (χ4n) is 4.18. The molecular weight excluding hydrogens is 634 g/mol. The number of halogens is 6. The van der Waals surface area contributed by atoms with Gasteiger partial charge in [0.2, 0.25) is 5.91 Å². The first kappa shape index (κ1) is 29.2. The number of anilines is 1. The Labute approximate surface area is 240 Å². The van der Waals surface area contributed by atoms with Gasteiger partial charge in [-0.2, -0.15) is 13.2 Å². The molecule has 1 atom stereocenters. The smallest absolute Gasteiger partial charge is 0.408 e. The summed E-state index contributed by atoms with van der Waals surface area (Å²) in [5.41, 5.74) is 5.67. The van der Waals surface area contributed by atoms with Gasteiger partial charge >= 0.3 is 6.18 Å². The van der Waals surface area contributed by atoms with Crippen LogP contribution in [0.4, 0.5) is 28.9 Å². The molecule has 1 aliphatic rings. The molecular formula is C25H18CdCl2F4N3O2-. The van der Waals surface area contributed by atoms with Gasteiger partial charge in [0.15, 0.2) is 0 Å². The van der Waals surface area contributed by atoms with Crippen molar-refractivity contribution in [2.24, 2.45) is 5.73 Å². The van der Waals surface area contributed by atoms with Crippen LogP contribution < -0.4 is 10.6 Å². The Bertz CT molecular complexity index is 1330. The topological polar surface area (TPSA) is 77.5 Å². The molecule has 4 rings (SSSR count). The third-order valence-electron chi connectivity index (χ3n) is 5.88. The van der Waals surface area contributed by atoms with Crippen molar-refractivity contribution in [2.45, 2.75) is 25.1 Å². The van der Waals surface area contributed by atoms with E-state index in [0.717, 1.165) is 11.0 Å². The zero-order chi connectivity index (χ0) is 26.2. The van der Waals surface area contributed by atoms with Crippen LogP contribution in [0.15, 0.2) is 54.6 Å². The van der Waals surface area contributed by atoms with E-state index in [1.165, 1.54) is 48.5 Å². The van der Waals surface area contributed by atoms with Crippen LogP contribution in [-0.4, -0.2) is 30.6 Å². The summed E-state index contributed by atoms with van der Waals surface area (Å²) in [6.07, 6.45) is -4.41. The summed E-state index contributed by atoms with van der Waals surface area (Å²) >= 11 is 12.3. The average Bonchev–Trinajstić information content (AvgIpc) is 3.30. The van der Waals surface area contributed by atoms with Crippen LogP contribution in [0.2, 0.25) is 10.0 Å². The second-order valence-corrected chi connectivity index (χ2v) is 8.98. The number of nitrogens with zero attached hydrogens (tertiary/aromatic N) is 2. The summed E-state index contributed by atoms with van der Waals surface area (Å²) in [7, 11) is 0. The molecule has 12 heteroatoms. The van der Waals surface area contributed by atoms with Crippen molar-refractivity contribution >= 4 is 46.4 Å². The van der Waals surface area contributed by atoms with E-state index in [0.29, 0.717) is 11.1 Å². The predicted octanol–water partition coefficient (Wildman–Crippen LogP) is 7.27. The first-order chi connectivity index (χ1) is 17.0. The maximum absolute atomic E-state index is 14.3. The number of benzene rings is 3. The second-order valence-electron chi connectivity index (χ2n) is 8.17. The number of rotatable bonds is 5. The molecule has 0 unspecified atom stereocenters. The molecule has 1 saturated heterocycles. The fourth-order valence-corrected chi connectivity index (χ4v) is 4.65. The molecule has 0 radical (unpaired) electrons. The standard InChI is InChI=1S/C25H19Cl2F4N3O2.Cd/c26-16-8-6-14(23(32)35)11-15(16)13-7-9-19(33-24(36)22-17(27)3-1-4-18(22)28)20(12-13)34-10-2-5-21(34)25(29,30)31;/h1,3-4,6-9,11-12,21H,2,5,10H2,(H3,32,33,35,36);/p-1/t21-;/m1./s1. The zero-order valence-corrected chi connectivity index (χ0v) is 24.7. The summed E-state index contributed by atoms with van der Waals surface area (Å²) in [6, 6.07) is 10.4. The molecule has 0 aromatic heterocycles. The summed E-state index contributed by atoms with van der Waals surface area (Å²) in [6.45, 7) is 0.0554.